The number of alkyl halides is 3. The summed E-state index contributed by atoms with van der Waals surface area (Å²) in [4.78, 5) is 16.5. The van der Waals surface area contributed by atoms with Gasteiger partial charge in [0, 0.05) is 32.3 Å². The minimum absolute atomic E-state index is 0.00334. The van der Waals surface area contributed by atoms with Gasteiger partial charge in [0.15, 0.2) is 0 Å². The maximum atomic E-state index is 12.3. The summed E-state index contributed by atoms with van der Waals surface area (Å²) in [5.74, 6) is 0.531. The van der Waals surface area contributed by atoms with E-state index in [0.29, 0.717) is 24.9 Å². The van der Waals surface area contributed by atoms with Crippen molar-refractivity contribution in [3.05, 3.63) is 0 Å². The fraction of sp³-hybridized carbons (Fsp3) is 0.933. The van der Waals surface area contributed by atoms with Crippen LogP contribution in [0.15, 0.2) is 0 Å². The monoisotopic (exact) mass is 337 g/mol. The first-order valence-electron chi connectivity index (χ1n) is 8.24. The first-order chi connectivity index (χ1) is 10.9. The fourth-order valence-corrected chi connectivity index (χ4v) is 3.50. The number of ether oxygens (including phenoxy) is 1. The summed E-state index contributed by atoms with van der Waals surface area (Å²) in [5.41, 5.74) is 0. The molecule has 0 aromatic rings. The third kappa shape index (κ3) is 5.84. The minimum Gasteiger partial charge on any atom is -0.372 e. The summed E-state index contributed by atoms with van der Waals surface area (Å²) in [7, 11) is 2.11. The van der Waals surface area contributed by atoms with Crippen LogP contribution in [0.5, 0.6) is 0 Å². The molecule has 0 bridgehead atoms. The smallest absolute Gasteiger partial charge is 0.372 e. The average Bonchev–Trinajstić information content (AvgIpc) is 2.48. The fourth-order valence-electron chi connectivity index (χ4n) is 3.50. The standard InChI is InChI=1S/C15H26F3N3O2/c1-20-8-5-13-12(10-20)4-2-7-21(13)14(22)19-6-3-9-23-11-15(16,17)18/h12-13H,2-11H2,1H3,(H,19,22)/t12-,13+/m1/s1. The van der Waals surface area contributed by atoms with Crippen LogP contribution in [0.2, 0.25) is 0 Å². The van der Waals surface area contributed by atoms with Crippen molar-refractivity contribution >= 4 is 6.03 Å². The quantitative estimate of drug-likeness (QED) is 0.781. The molecule has 2 amide bonds. The second kappa shape index (κ2) is 8.19. The van der Waals surface area contributed by atoms with Gasteiger partial charge < -0.3 is 19.9 Å². The summed E-state index contributed by atoms with van der Waals surface area (Å²) in [6.45, 7) is 1.89. The van der Waals surface area contributed by atoms with E-state index in [1.165, 1.54) is 0 Å². The predicted octanol–water partition coefficient (Wildman–Crippen LogP) is 2.08. The molecule has 2 heterocycles. The Hall–Kier alpha value is -1.02. The highest BCUT2D eigenvalue weighted by atomic mass is 19.4. The molecule has 2 atom stereocenters. The van der Waals surface area contributed by atoms with Gasteiger partial charge in [-0.25, -0.2) is 4.79 Å². The van der Waals surface area contributed by atoms with Gasteiger partial charge in [-0.2, -0.15) is 13.2 Å². The molecule has 8 heteroatoms. The van der Waals surface area contributed by atoms with Crippen LogP contribution in [0.3, 0.4) is 0 Å². The number of amides is 2. The molecule has 2 aliphatic rings. The van der Waals surface area contributed by atoms with Gasteiger partial charge in [0.1, 0.15) is 6.61 Å². The number of likely N-dealkylation sites (tertiary alicyclic amines) is 2. The van der Waals surface area contributed by atoms with Crippen molar-refractivity contribution in [1.82, 2.24) is 15.1 Å². The predicted molar refractivity (Wildman–Crippen MR) is 80.2 cm³/mol. The Kier molecular flexibility index (Phi) is 6.52. The van der Waals surface area contributed by atoms with E-state index in [-0.39, 0.29) is 12.6 Å². The zero-order valence-electron chi connectivity index (χ0n) is 13.6. The van der Waals surface area contributed by atoms with Crippen LogP contribution >= 0.6 is 0 Å². The first kappa shape index (κ1) is 18.3. The van der Waals surface area contributed by atoms with Crippen LogP contribution in [0.1, 0.15) is 25.7 Å². The molecule has 2 saturated heterocycles. The Balaban J connectivity index is 1.67. The molecule has 0 saturated carbocycles. The SMILES string of the molecule is CN1CC[C@H]2[C@H](CCCN2C(=O)NCCCOCC(F)(F)F)C1. The number of nitrogens with zero attached hydrogens (tertiary/aromatic N) is 2. The van der Waals surface area contributed by atoms with Crippen LogP contribution in [0, 0.1) is 5.92 Å². The van der Waals surface area contributed by atoms with Crippen molar-refractivity contribution in [1.29, 1.82) is 0 Å². The highest BCUT2D eigenvalue weighted by molar-refractivity contribution is 5.74. The number of carbonyl (C=O) groups excluding carboxylic acids is 1. The number of rotatable bonds is 5. The number of piperidine rings is 2. The molecule has 5 nitrogen and oxygen atoms in total. The third-order valence-electron chi connectivity index (χ3n) is 4.54. The number of nitrogens with one attached hydrogen (secondary N) is 1. The third-order valence-corrected chi connectivity index (χ3v) is 4.54. The van der Waals surface area contributed by atoms with Gasteiger partial charge in [0.05, 0.1) is 0 Å². The van der Waals surface area contributed by atoms with E-state index in [2.05, 4.69) is 22.0 Å². The molecular weight excluding hydrogens is 311 g/mol. The number of fused-ring (bicyclic) bond motifs is 1. The van der Waals surface area contributed by atoms with E-state index >= 15 is 0 Å². The summed E-state index contributed by atoms with van der Waals surface area (Å²) in [6, 6.07) is 0.196. The average molecular weight is 337 g/mol. The van der Waals surface area contributed by atoms with Crippen LogP contribution in [-0.4, -0.2) is 74.5 Å². The van der Waals surface area contributed by atoms with Crippen LogP contribution in [0.4, 0.5) is 18.0 Å². The van der Waals surface area contributed by atoms with Gasteiger partial charge in [-0.3, -0.25) is 0 Å². The molecule has 0 unspecified atom stereocenters. The zero-order valence-corrected chi connectivity index (χ0v) is 13.6. The Labute approximate surface area is 135 Å². The molecule has 0 radical (unpaired) electrons. The van der Waals surface area contributed by atoms with Crippen LogP contribution in [0.25, 0.3) is 0 Å². The maximum Gasteiger partial charge on any atom is 0.411 e. The van der Waals surface area contributed by atoms with E-state index < -0.39 is 12.8 Å². The molecule has 134 valence electrons. The first-order valence-corrected chi connectivity index (χ1v) is 8.24. The number of carbonyl (C=O) groups is 1. The van der Waals surface area contributed by atoms with Crippen molar-refractivity contribution in [3.63, 3.8) is 0 Å². The van der Waals surface area contributed by atoms with Crippen molar-refractivity contribution < 1.29 is 22.7 Å². The Morgan fingerprint density at radius 1 is 1.30 bits per heavy atom. The van der Waals surface area contributed by atoms with Crippen LogP contribution < -0.4 is 5.32 Å². The lowest BCUT2D eigenvalue weighted by Gasteiger charge is -2.46. The molecule has 0 spiro atoms. The van der Waals surface area contributed by atoms with Gasteiger partial charge in [-0.1, -0.05) is 0 Å². The van der Waals surface area contributed by atoms with E-state index in [1.807, 2.05) is 4.90 Å². The molecule has 2 aliphatic heterocycles. The van der Waals surface area contributed by atoms with Crippen molar-refractivity contribution in [2.75, 3.05) is 46.4 Å². The largest absolute Gasteiger partial charge is 0.411 e. The lowest BCUT2D eigenvalue weighted by Crippen LogP contribution is -2.57. The van der Waals surface area contributed by atoms with Crippen molar-refractivity contribution in [3.8, 4) is 0 Å². The normalized spacial score (nSPS) is 26.0. The van der Waals surface area contributed by atoms with Crippen LogP contribution in [-0.2, 0) is 4.74 Å². The molecule has 2 rings (SSSR count). The number of hydrogen-bond donors (Lipinski definition) is 1. The van der Waals surface area contributed by atoms with Gasteiger partial charge >= 0.3 is 12.2 Å². The molecular formula is C15H26F3N3O2. The van der Waals surface area contributed by atoms with Crippen molar-refractivity contribution in [2.45, 2.75) is 37.9 Å². The zero-order chi connectivity index (χ0) is 16.9. The van der Waals surface area contributed by atoms with Crippen molar-refractivity contribution in [2.24, 2.45) is 5.92 Å². The molecule has 1 N–H and O–H groups in total. The van der Waals surface area contributed by atoms with E-state index in [4.69, 9.17) is 0 Å². The lowest BCUT2D eigenvalue weighted by atomic mass is 9.84. The van der Waals surface area contributed by atoms with E-state index in [0.717, 1.165) is 38.9 Å². The summed E-state index contributed by atoms with van der Waals surface area (Å²) < 4.78 is 40.3. The van der Waals surface area contributed by atoms with E-state index in [9.17, 15) is 18.0 Å². The lowest BCUT2D eigenvalue weighted by molar-refractivity contribution is -0.173. The number of halogens is 3. The van der Waals surface area contributed by atoms with Gasteiger partial charge in [0.25, 0.3) is 0 Å². The van der Waals surface area contributed by atoms with E-state index in [1.54, 1.807) is 0 Å². The summed E-state index contributed by atoms with van der Waals surface area (Å²) in [6.07, 6.45) is -0.753. The Morgan fingerprint density at radius 2 is 2.09 bits per heavy atom. The Morgan fingerprint density at radius 3 is 2.83 bits per heavy atom. The molecule has 0 aromatic carbocycles. The topological polar surface area (TPSA) is 44.8 Å². The molecule has 0 aliphatic carbocycles. The highest BCUT2D eigenvalue weighted by Crippen LogP contribution is 2.30. The summed E-state index contributed by atoms with van der Waals surface area (Å²) in [5, 5.41) is 2.81. The second-order valence-corrected chi connectivity index (χ2v) is 6.47. The second-order valence-electron chi connectivity index (χ2n) is 6.47. The van der Waals surface area contributed by atoms with Gasteiger partial charge in [-0.15, -0.1) is 0 Å². The van der Waals surface area contributed by atoms with Gasteiger partial charge in [-0.05, 0) is 45.2 Å². The summed E-state index contributed by atoms with van der Waals surface area (Å²) >= 11 is 0. The molecule has 23 heavy (non-hydrogen) atoms. The minimum atomic E-state index is -4.29. The Bertz CT molecular complexity index is 393. The highest BCUT2D eigenvalue weighted by Gasteiger charge is 2.37. The molecule has 2 fully saturated rings. The van der Waals surface area contributed by atoms with Gasteiger partial charge in [0.2, 0.25) is 0 Å². The molecule has 0 aromatic heterocycles. The number of hydrogen-bond acceptors (Lipinski definition) is 3. The maximum absolute atomic E-state index is 12.3. The number of urea groups is 1.